The summed E-state index contributed by atoms with van der Waals surface area (Å²) < 4.78 is 28.0. The Hall–Kier alpha value is -1.40. The number of benzene rings is 1. The van der Waals surface area contributed by atoms with Crippen molar-refractivity contribution >= 4 is 15.9 Å². The van der Waals surface area contributed by atoms with Gasteiger partial charge < -0.3 is 5.32 Å². The van der Waals surface area contributed by atoms with Crippen LogP contribution in [0.25, 0.3) is 0 Å². The molecule has 0 aromatic heterocycles. The van der Waals surface area contributed by atoms with Gasteiger partial charge in [-0.25, -0.2) is 13.1 Å². The van der Waals surface area contributed by atoms with Gasteiger partial charge in [0.25, 0.3) is 0 Å². The van der Waals surface area contributed by atoms with Gasteiger partial charge in [-0.2, -0.15) is 0 Å². The van der Waals surface area contributed by atoms with Crippen molar-refractivity contribution in [2.45, 2.75) is 50.0 Å². The Morgan fingerprint density at radius 1 is 1.24 bits per heavy atom. The van der Waals surface area contributed by atoms with Crippen molar-refractivity contribution in [1.29, 1.82) is 0 Å². The van der Waals surface area contributed by atoms with Crippen LogP contribution in [-0.2, 0) is 20.2 Å². The molecule has 1 aliphatic rings. The fourth-order valence-corrected chi connectivity index (χ4v) is 4.13. The maximum absolute atomic E-state index is 12.6. The minimum atomic E-state index is -3.59. The second kappa shape index (κ2) is 5.77. The molecule has 1 unspecified atom stereocenters. The van der Waals surface area contributed by atoms with Crippen LogP contribution in [0.1, 0.15) is 39.2 Å². The highest BCUT2D eigenvalue weighted by molar-refractivity contribution is 7.89. The van der Waals surface area contributed by atoms with Gasteiger partial charge in [-0.1, -0.05) is 39.0 Å². The van der Waals surface area contributed by atoms with Gasteiger partial charge in [-0.05, 0) is 23.5 Å². The molecule has 116 valence electrons. The molecule has 0 saturated carbocycles. The Kier molecular flexibility index (Phi) is 4.39. The molecule has 0 radical (unpaired) electrons. The van der Waals surface area contributed by atoms with Crippen LogP contribution in [-0.4, -0.2) is 26.9 Å². The molecule has 1 amide bonds. The van der Waals surface area contributed by atoms with Gasteiger partial charge in [0.2, 0.25) is 15.9 Å². The zero-order valence-corrected chi connectivity index (χ0v) is 13.5. The Labute approximate surface area is 126 Å². The van der Waals surface area contributed by atoms with Crippen LogP contribution in [0.4, 0.5) is 0 Å². The number of sulfonamides is 1. The number of rotatable bonds is 3. The van der Waals surface area contributed by atoms with Crippen molar-refractivity contribution in [3.8, 4) is 0 Å². The third-order valence-corrected chi connectivity index (χ3v) is 5.15. The second-order valence-corrected chi connectivity index (χ2v) is 8.09. The molecular formula is C15H22N2O3S. The minimum absolute atomic E-state index is 0.0273. The number of piperidine rings is 1. The summed E-state index contributed by atoms with van der Waals surface area (Å²) in [5.41, 5.74) is 0.531. The molecule has 1 aromatic carbocycles. The number of nitrogens with one attached hydrogen (secondary N) is 2. The van der Waals surface area contributed by atoms with Crippen molar-refractivity contribution in [3.05, 3.63) is 29.8 Å². The van der Waals surface area contributed by atoms with E-state index in [4.69, 9.17) is 0 Å². The highest BCUT2D eigenvalue weighted by Crippen LogP contribution is 2.28. The van der Waals surface area contributed by atoms with E-state index in [1.54, 1.807) is 12.1 Å². The summed E-state index contributed by atoms with van der Waals surface area (Å²) in [6, 6.07) is 6.80. The van der Waals surface area contributed by atoms with Crippen molar-refractivity contribution in [2.75, 3.05) is 6.54 Å². The predicted octanol–water partition coefficient (Wildman–Crippen LogP) is 1.54. The van der Waals surface area contributed by atoms with E-state index < -0.39 is 10.0 Å². The van der Waals surface area contributed by atoms with Crippen molar-refractivity contribution < 1.29 is 13.2 Å². The largest absolute Gasteiger partial charge is 0.355 e. The monoisotopic (exact) mass is 310 g/mol. The number of carbonyl (C=O) groups is 1. The summed E-state index contributed by atoms with van der Waals surface area (Å²) in [6.07, 6.45) is 0.886. The highest BCUT2D eigenvalue weighted by atomic mass is 32.2. The quantitative estimate of drug-likeness (QED) is 0.889. The molecule has 2 N–H and O–H groups in total. The first-order valence-electron chi connectivity index (χ1n) is 7.09. The summed E-state index contributed by atoms with van der Waals surface area (Å²) in [7, 11) is -3.59. The van der Waals surface area contributed by atoms with E-state index >= 15 is 0 Å². The lowest BCUT2D eigenvalue weighted by Crippen LogP contribution is -2.47. The average molecular weight is 310 g/mol. The van der Waals surface area contributed by atoms with Crippen LogP contribution in [0.5, 0.6) is 0 Å². The van der Waals surface area contributed by atoms with E-state index in [9.17, 15) is 13.2 Å². The Bertz CT molecular complexity index is 623. The van der Waals surface area contributed by atoms with Gasteiger partial charge in [0, 0.05) is 19.0 Å². The van der Waals surface area contributed by atoms with E-state index in [0.29, 0.717) is 24.3 Å². The lowest BCUT2D eigenvalue weighted by atomic mass is 9.87. The summed E-state index contributed by atoms with van der Waals surface area (Å²) in [6.45, 7) is 6.31. The highest BCUT2D eigenvalue weighted by Gasteiger charge is 2.28. The van der Waals surface area contributed by atoms with E-state index in [2.05, 4.69) is 10.0 Å². The van der Waals surface area contributed by atoms with E-state index in [0.717, 1.165) is 5.56 Å². The Morgan fingerprint density at radius 3 is 2.48 bits per heavy atom. The smallest absolute Gasteiger partial charge is 0.241 e. The molecule has 1 aliphatic heterocycles. The molecule has 0 bridgehead atoms. The summed E-state index contributed by atoms with van der Waals surface area (Å²) in [5.74, 6) is -0.0273. The van der Waals surface area contributed by atoms with Crippen molar-refractivity contribution in [1.82, 2.24) is 10.0 Å². The molecule has 1 heterocycles. The number of hydrogen-bond donors (Lipinski definition) is 2. The van der Waals surface area contributed by atoms with Crippen LogP contribution in [0.15, 0.2) is 29.2 Å². The normalized spacial score (nSPS) is 20.1. The summed E-state index contributed by atoms with van der Waals surface area (Å²) in [5, 5.41) is 2.69. The lowest BCUT2D eigenvalue weighted by molar-refractivity contribution is -0.122. The molecule has 5 nitrogen and oxygen atoms in total. The SMILES string of the molecule is CC(C)(C)c1ccccc1S(=O)(=O)NC1CCC(=O)NC1. The lowest BCUT2D eigenvalue weighted by Gasteiger charge is -2.26. The van der Waals surface area contributed by atoms with Crippen LogP contribution >= 0.6 is 0 Å². The molecule has 1 atom stereocenters. The van der Waals surface area contributed by atoms with Gasteiger partial charge in [0.1, 0.15) is 0 Å². The van der Waals surface area contributed by atoms with Crippen molar-refractivity contribution in [3.63, 3.8) is 0 Å². The Morgan fingerprint density at radius 2 is 1.90 bits per heavy atom. The molecule has 2 rings (SSSR count). The Balaban J connectivity index is 2.26. The van der Waals surface area contributed by atoms with Crippen LogP contribution in [0.3, 0.4) is 0 Å². The number of hydrogen-bond acceptors (Lipinski definition) is 3. The molecule has 21 heavy (non-hydrogen) atoms. The molecule has 0 spiro atoms. The standard InChI is InChI=1S/C15H22N2O3S/c1-15(2,3)12-6-4-5-7-13(12)21(19,20)17-11-8-9-14(18)16-10-11/h4-7,11,17H,8-10H2,1-3H3,(H,16,18). The second-order valence-electron chi connectivity index (χ2n) is 6.41. The van der Waals surface area contributed by atoms with Crippen LogP contribution in [0.2, 0.25) is 0 Å². The molecule has 1 aromatic rings. The minimum Gasteiger partial charge on any atom is -0.355 e. The first kappa shape index (κ1) is 16.0. The first-order chi connectivity index (χ1) is 9.70. The molecule has 1 saturated heterocycles. The number of carbonyl (C=O) groups excluding carboxylic acids is 1. The zero-order valence-electron chi connectivity index (χ0n) is 12.6. The fraction of sp³-hybridized carbons (Fsp3) is 0.533. The number of amides is 1. The molecule has 0 aliphatic carbocycles. The fourth-order valence-electron chi connectivity index (χ4n) is 2.44. The predicted molar refractivity (Wildman–Crippen MR) is 81.5 cm³/mol. The third kappa shape index (κ3) is 3.83. The summed E-state index contributed by atoms with van der Waals surface area (Å²) in [4.78, 5) is 11.5. The first-order valence-corrected chi connectivity index (χ1v) is 8.57. The van der Waals surface area contributed by atoms with E-state index in [-0.39, 0.29) is 17.4 Å². The summed E-state index contributed by atoms with van der Waals surface area (Å²) >= 11 is 0. The van der Waals surface area contributed by atoms with Crippen LogP contribution < -0.4 is 10.0 Å². The molecule has 1 fully saturated rings. The third-order valence-electron chi connectivity index (χ3n) is 3.57. The van der Waals surface area contributed by atoms with Crippen LogP contribution in [0, 0.1) is 0 Å². The maximum Gasteiger partial charge on any atom is 0.241 e. The van der Waals surface area contributed by atoms with Gasteiger partial charge in [0.05, 0.1) is 4.90 Å². The average Bonchev–Trinajstić information content (AvgIpc) is 2.40. The van der Waals surface area contributed by atoms with Crippen molar-refractivity contribution in [2.24, 2.45) is 0 Å². The van der Waals surface area contributed by atoms with Gasteiger partial charge in [-0.15, -0.1) is 0 Å². The van der Waals surface area contributed by atoms with Gasteiger partial charge in [-0.3, -0.25) is 4.79 Å². The topological polar surface area (TPSA) is 75.3 Å². The van der Waals surface area contributed by atoms with E-state index in [1.807, 2.05) is 32.9 Å². The van der Waals surface area contributed by atoms with Gasteiger partial charge in [0.15, 0.2) is 0 Å². The molecule has 6 heteroatoms. The zero-order chi connectivity index (χ0) is 15.7. The molecular weight excluding hydrogens is 288 g/mol. The maximum atomic E-state index is 12.6. The van der Waals surface area contributed by atoms with E-state index in [1.165, 1.54) is 0 Å². The van der Waals surface area contributed by atoms with Gasteiger partial charge >= 0.3 is 0 Å².